The Hall–Kier alpha value is -0.470. The first-order chi connectivity index (χ1) is 5.84. The average Bonchev–Trinajstić information content (AvgIpc) is 2.15. The first-order valence-electron chi connectivity index (χ1n) is 3.22. The van der Waals surface area contributed by atoms with Crippen molar-refractivity contribution in [2.45, 2.75) is 0 Å². The number of halogens is 1. The van der Waals surface area contributed by atoms with E-state index in [0.29, 0.717) is 5.56 Å². The molecule has 0 aliphatic rings. The molecule has 3 heteroatoms. The summed E-state index contributed by atoms with van der Waals surface area (Å²) in [5, 5.41) is 2.65. The Morgan fingerprint density at radius 3 is 2.58 bits per heavy atom. The number of carbonyl (C=O) groups excluding carboxylic acids is 1. The van der Waals surface area contributed by atoms with Gasteiger partial charge in [-0.1, -0.05) is 30.3 Å². The van der Waals surface area contributed by atoms with Gasteiger partial charge in [0.05, 0.1) is 0 Å². The molecule has 0 aliphatic carbocycles. The van der Waals surface area contributed by atoms with Gasteiger partial charge in [-0.2, -0.15) is 0 Å². The summed E-state index contributed by atoms with van der Waals surface area (Å²) in [4.78, 5) is 11.2. The molecule has 0 saturated heterocycles. The average molecular weight is 288 g/mol. The van der Waals surface area contributed by atoms with Crippen LogP contribution in [0.5, 0.6) is 0 Å². The van der Waals surface area contributed by atoms with E-state index in [1.807, 2.05) is 39.4 Å². The highest BCUT2D eigenvalue weighted by Gasteiger charge is 1.98. The molecular formula is C9H5IOS. The van der Waals surface area contributed by atoms with Gasteiger partial charge in [-0.25, -0.2) is 0 Å². The highest BCUT2D eigenvalue weighted by atomic mass is 127. The Labute approximate surface area is 87.5 Å². The molecule has 1 rings (SSSR count). The third-order valence-electron chi connectivity index (χ3n) is 1.24. The van der Waals surface area contributed by atoms with Crippen molar-refractivity contribution in [1.29, 1.82) is 0 Å². The maximum Gasteiger partial charge on any atom is 0.236 e. The predicted octanol–water partition coefficient (Wildman–Crippen LogP) is 2.91. The number of hydrogen-bond donors (Lipinski definition) is 0. The van der Waals surface area contributed by atoms with Crippen molar-refractivity contribution >= 4 is 35.9 Å². The molecule has 0 unspecified atom stereocenters. The Balaban J connectivity index is 2.79. The van der Waals surface area contributed by atoms with E-state index in [9.17, 15) is 4.79 Å². The first-order valence-corrected chi connectivity index (χ1v) is 6.58. The quantitative estimate of drug-likeness (QED) is 0.449. The van der Waals surface area contributed by atoms with Crippen LogP contribution in [0.3, 0.4) is 0 Å². The van der Waals surface area contributed by atoms with Crippen LogP contribution in [0.2, 0.25) is 0 Å². The highest BCUT2D eigenvalue weighted by molar-refractivity contribution is 14.2. The van der Waals surface area contributed by atoms with Gasteiger partial charge in [0.1, 0.15) is 0 Å². The molecule has 0 amide bonds. The molecule has 60 valence electrons. The Kier molecular flexibility index (Phi) is 4.19. The maximum absolute atomic E-state index is 11.2. The minimum atomic E-state index is -0.125. The fraction of sp³-hybridized carbons (Fsp3) is 0. The second kappa shape index (κ2) is 5.22. The molecule has 0 saturated carbocycles. The molecular weight excluding hydrogens is 283 g/mol. The first kappa shape index (κ1) is 9.62. The summed E-state index contributed by atoms with van der Waals surface area (Å²) in [5.41, 5.74) is 0.649. The van der Waals surface area contributed by atoms with Crippen LogP contribution >= 0.6 is 30.1 Å². The van der Waals surface area contributed by atoms with Crippen molar-refractivity contribution in [2.24, 2.45) is 0 Å². The fourth-order valence-electron chi connectivity index (χ4n) is 0.727. The van der Waals surface area contributed by atoms with Gasteiger partial charge >= 0.3 is 0 Å². The Morgan fingerprint density at radius 1 is 1.33 bits per heavy atom. The van der Waals surface area contributed by atoms with Crippen LogP contribution in [0.25, 0.3) is 0 Å². The molecule has 0 aliphatic heterocycles. The number of Topliss-reactive ketones (excluding diaryl/α,β-unsaturated/α-hetero) is 1. The van der Waals surface area contributed by atoms with Gasteiger partial charge in [-0.15, -0.1) is 0 Å². The van der Waals surface area contributed by atoms with Crippen molar-refractivity contribution in [2.75, 3.05) is 0 Å². The lowest BCUT2D eigenvalue weighted by Crippen LogP contribution is -1.92. The highest BCUT2D eigenvalue weighted by Crippen LogP contribution is 2.07. The van der Waals surface area contributed by atoms with E-state index >= 15 is 0 Å². The molecule has 0 radical (unpaired) electrons. The van der Waals surface area contributed by atoms with Gasteiger partial charge in [0, 0.05) is 26.8 Å². The van der Waals surface area contributed by atoms with Gasteiger partial charge in [-0.05, 0) is 20.1 Å². The topological polar surface area (TPSA) is 17.1 Å². The maximum atomic E-state index is 11.2. The van der Waals surface area contributed by atoms with E-state index < -0.39 is 0 Å². The second-order valence-electron chi connectivity index (χ2n) is 2.00. The molecule has 0 heterocycles. The molecule has 1 aromatic rings. The summed E-state index contributed by atoms with van der Waals surface area (Å²) >= 11 is 2.03. The van der Waals surface area contributed by atoms with E-state index in [2.05, 4.69) is 11.2 Å². The summed E-state index contributed by atoms with van der Waals surface area (Å²) in [5.74, 6) is 2.39. The molecule has 0 N–H and O–H groups in total. The van der Waals surface area contributed by atoms with Gasteiger partial charge in [0.15, 0.2) is 0 Å². The summed E-state index contributed by atoms with van der Waals surface area (Å²) in [6.07, 6.45) is 0. The summed E-state index contributed by atoms with van der Waals surface area (Å²) in [6.45, 7) is 0. The molecule has 0 atom stereocenters. The standard InChI is InChI=1S/C9H5IOS/c10-12-7-6-9(11)8-4-2-1-3-5-8/h1-5H. The molecule has 0 spiro atoms. The van der Waals surface area contributed by atoms with Gasteiger partial charge < -0.3 is 0 Å². The minimum absolute atomic E-state index is 0.125. The van der Waals surface area contributed by atoms with Crippen molar-refractivity contribution in [3.8, 4) is 11.2 Å². The van der Waals surface area contributed by atoms with Crippen LogP contribution in [0, 0.1) is 11.2 Å². The molecule has 0 aromatic heterocycles. The smallest absolute Gasteiger partial charge is 0.236 e. The minimum Gasteiger partial charge on any atom is -0.279 e. The molecule has 0 fully saturated rings. The zero-order valence-corrected chi connectivity index (χ0v) is 9.06. The fourth-order valence-corrected chi connectivity index (χ4v) is 1.19. The van der Waals surface area contributed by atoms with Crippen LogP contribution in [0.4, 0.5) is 0 Å². The van der Waals surface area contributed by atoms with E-state index in [-0.39, 0.29) is 5.78 Å². The molecule has 0 bridgehead atoms. The van der Waals surface area contributed by atoms with Gasteiger partial charge in [0.25, 0.3) is 0 Å². The lowest BCUT2D eigenvalue weighted by molar-refractivity contribution is 0.105. The molecule has 1 nitrogen and oxygen atoms in total. The zero-order chi connectivity index (χ0) is 8.81. The summed E-state index contributed by atoms with van der Waals surface area (Å²) in [7, 11) is 1.31. The van der Waals surface area contributed by atoms with Crippen molar-refractivity contribution < 1.29 is 4.79 Å². The van der Waals surface area contributed by atoms with E-state index in [4.69, 9.17) is 0 Å². The van der Waals surface area contributed by atoms with Crippen molar-refractivity contribution in [1.82, 2.24) is 0 Å². The third kappa shape index (κ3) is 2.88. The predicted molar refractivity (Wildman–Crippen MR) is 60.2 cm³/mol. The van der Waals surface area contributed by atoms with Crippen LogP contribution in [-0.4, -0.2) is 5.78 Å². The van der Waals surface area contributed by atoms with Crippen LogP contribution in [0.15, 0.2) is 30.3 Å². The van der Waals surface area contributed by atoms with Gasteiger partial charge in [-0.3, -0.25) is 4.79 Å². The Morgan fingerprint density at radius 2 is 2.00 bits per heavy atom. The molecule has 1 aromatic carbocycles. The lowest BCUT2D eigenvalue weighted by Gasteiger charge is -1.89. The number of benzene rings is 1. The van der Waals surface area contributed by atoms with E-state index in [1.165, 1.54) is 8.93 Å². The number of hydrogen-bond acceptors (Lipinski definition) is 2. The van der Waals surface area contributed by atoms with Crippen LogP contribution in [-0.2, 0) is 0 Å². The number of rotatable bonds is 1. The summed E-state index contributed by atoms with van der Waals surface area (Å²) in [6, 6.07) is 9.04. The zero-order valence-electron chi connectivity index (χ0n) is 6.08. The van der Waals surface area contributed by atoms with Crippen molar-refractivity contribution in [3.05, 3.63) is 35.9 Å². The second-order valence-corrected chi connectivity index (χ2v) is 3.68. The number of carbonyl (C=O) groups is 1. The summed E-state index contributed by atoms with van der Waals surface area (Å²) < 4.78 is 0. The van der Waals surface area contributed by atoms with Crippen LogP contribution < -0.4 is 0 Å². The SMILES string of the molecule is O=C(C#CSI)c1ccccc1. The third-order valence-corrected chi connectivity index (χ3v) is 2.08. The monoisotopic (exact) mass is 288 g/mol. The van der Waals surface area contributed by atoms with E-state index in [1.54, 1.807) is 12.1 Å². The molecule has 12 heavy (non-hydrogen) atoms. The normalized spacial score (nSPS) is 8.42. The van der Waals surface area contributed by atoms with E-state index in [0.717, 1.165) is 0 Å². The van der Waals surface area contributed by atoms with Gasteiger partial charge in [0.2, 0.25) is 5.78 Å². The largest absolute Gasteiger partial charge is 0.279 e. The van der Waals surface area contributed by atoms with Crippen molar-refractivity contribution in [3.63, 3.8) is 0 Å². The Bertz CT molecular complexity index is 323. The van der Waals surface area contributed by atoms with Crippen LogP contribution in [0.1, 0.15) is 10.4 Å². The lowest BCUT2D eigenvalue weighted by atomic mass is 10.1. The number of ketones is 1.